The van der Waals surface area contributed by atoms with E-state index >= 15 is 0 Å². The Balaban J connectivity index is 0.00000364. The Labute approximate surface area is 183 Å². The number of carbonyl (C=O) groups excluding carboxylic acids is 1. The zero-order valence-electron chi connectivity index (χ0n) is 16.1. The molecule has 1 heterocycles. The molecule has 0 saturated carbocycles. The molecule has 0 aliphatic carbocycles. The smallest absolute Gasteiger partial charge is 0.251 e. The molecule has 2 rings (SSSR count). The lowest BCUT2D eigenvalue weighted by molar-refractivity contribution is 0.0956. The molecule has 27 heavy (non-hydrogen) atoms. The quantitative estimate of drug-likeness (QED) is 0.292. The number of carbonyl (C=O) groups is 1. The van der Waals surface area contributed by atoms with Crippen molar-refractivity contribution in [2.45, 2.75) is 33.2 Å². The second kappa shape index (κ2) is 12.7. The lowest BCUT2D eigenvalue weighted by atomic mass is 10.1. The van der Waals surface area contributed by atoms with Gasteiger partial charge in [0.1, 0.15) is 0 Å². The van der Waals surface area contributed by atoms with Gasteiger partial charge in [0, 0.05) is 36.0 Å². The Morgan fingerprint density at radius 1 is 1.07 bits per heavy atom. The highest BCUT2D eigenvalue weighted by Crippen LogP contribution is 2.19. The first kappa shape index (κ1) is 23.4. The maximum atomic E-state index is 11.8. The third-order valence-electron chi connectivity index (χ3n) is 3.92. The van der Waals surface area contributed by atoms with Crippen molar-refractivity contribution >= 4 is 47.2 Å². The zero-order chi connectivity index (χ0) is 18.8. The summed E-state index contributed by atoms with van der Waals surface area (Å²) in [5.74, 6) is 1.21. The van der Waals surface area contributed by atoms with E-state index in [9.17, 15) is 4.79 Å². The van der Waals surface area contributed by atoms with E-state index in [1.165, 1.54) is 4.88 Å². The summed E-state index contributed by atoms with van der Waals surface area (Å²) < 4.78 is 0. The molecule has 2 aromatic rings. The molecule has 3 N–H and O–H groups in total. The minimum Gasteiger partial charge on any atom is -0.357 e. The third kappa shape index (κ3) is 7.88. The Bertz CT molecular complexity index is 701. The van der Waals surface area contributed by atoms with Crippen molar-refractivity contribution in [3.8, 4) is 0 Å². The van der Waals surface area contributed by atoms with Crippen molar-refractivity contribution in [3.05, 3.63) is 57.8 Å². The van der Waals surface area contributed by atoms with Gasteiger partial charge in [0.05, 0.1) is 6.54 Å². The van der Waals surface area contributed by atoms with Crippen molar-refractivity contribution in [3.63, 3.8) is 0 Å². The van der Waals surface area contributed by atoms with E-state index in [4.69, 9.17) is 0 Å². The average molecular weight is 500 g/mol. The first-order valence-electron chi connectivity index (χ1n) is 9.06. The maximum Gasteiger partial charge on any atom is 0.251 e. The standard InChI is InChI=1S/C20H28N4OS.HI/c1-4-21-19(25)17-10-8-16(9-11-17)14-24-20(22-5-2)23-13-15(3)18-7-6-12-26-18;/h6-12,15H,4-5,13-14H2,1-3H3,(H,21,25)(H2,22,23,24);1H. The van der Waals surface area contributed by atoms with Crippen LogP contribution in [-0.4, -0.2) is 31.5 Å². The molecule has 0 aliphatic rings. The van der Waals surface area contributed by atoms with E-state index in [2.05, 4.69) is 52.3 Å². The van der Waals surface area contributed by atoms with Gasteiger partial charge in [0.25, 0.3) is 5.91 Å². The largest absolute Gasteiger partial charge is 0.357 e. The second-order valence-electron chi connectivity index (χ2n) is 6.05. The van der Waals surface area contributed by atoms with E-state index in [0.29, 0.717) is 24.6 Å². The normalized spacial score (nSPS) is 12.0. The highest BCUT2D eigenvalue weighted by Gasteiger charge is 2.08. The molecular formula is C20H29IN4OS. The number of hydrogen-bond donors (Lipinski definition) is 3. The summed E-state index contributed by atoms with van der Waals surface area (Å²) in [5, 5.41) is 11.6. The number of guanidine groups is 1. The molecule has 0 radical (unpaired) electrons. The minimum absolute atomic E-state index is 0. The van der Waals surface area contributed by atoms with Gasteiger partial charge in [-0.25, -0.2) is 4.99 Å². The molecule has 0 spiro atoms. The molecule has 0 aliphatic heterocycles. The van der Waals surface area contributed by atoms with Crippen LogP contribution in [0.25, 0.3) is 0 Å². The van der Waals surface area contributed by atoms with Crippen LogP contribution in [0.2, 0.25) is 0 Å². The van der Waals surface area contributed by atoms with Gasteiger partial charge in [-0.1, -0.05) is 25.1 Å². The van der Waals surface area contributed by atoms with E-state index in [0.717, 1.165) is 24.6 Å². The fourth-order valence-electron chi connectivity index (χ4n) is 2.46. The predicted octanol–water partition coefficient (Wildman–Crippen LogP) is 3.97. The zero-order valence-corrected chi connectivity index (χ0v) is 19.3. The van der Waals surface area contributed by atoms with Gasteiger partial charge in [-0.2, -0.15) is 0 Å². The van der Waals surface area contributed by atoms with Gasteiger partial charge in [-0.3, -0.25) is 4.79 Å². The van der Waals surface area contributed by atoms with Crippen LogP contribution in [0.15, 0.2) is 46.8 Å². The molecule has 5 nitrogen and oxygen atoms in total. The van der Waals surface area contributed by atoms with Crippen LogP contribution in [0.1, 0.15) is 47.5 Å². The third-order valence-corrected chi connectivity index (χ3v) is 5.03. The van der Waals surface area contributed by atoms with Crippen LogP contribution < -0.4 is 16.0 Å². The number of hydrogen-bond acceptors (Lipinski definition) is 3. The van der Waals surface area contributed by atoms with Crippen LogP contribution in [0.4, 0.5) is 0 Å². The molecule has 1 amide bonds. The summed E-state index contributed by atoms with van der Waals surface area (Å²) in [7, 11) is 0. The van der Waals surface area contributed by atoms with Crippen LogP contribution in [-0.2, 0) is 6.54 Å². The number of halogens is 1. The molecule has 7 heteroatoms. The van der Waals surface area contributed by atoms with E-state index < -0.39 is 0 Å². The summed E-state index contributed by atoms with van der Waals surface area (Å²) >= 11 is 1.78. The highest BCUT2D eigenvalue weighted by atomic mass is 127. The number of benzene rings is 1. The second-order valence-corrected chi connectivity index (χ2v) is 7.03. The number of thiophene rings is 1. The summed E-state index contributed by atoms with van der Waals surface area (Å²) in [4.78, 5) is 17.8. The van der Waals surface area contributed by atoms with Crippen molar-refractivity contribution in [1.29, 1.82) is 0 Å². The number of aliphatic imine (C=N–C) groups is 1. The van der Waals surface area contributed by atoms with Crippen molar-refractivity contribution < 1.29 is 4.79 Å². The lowest BCUT2D eigenvalue weighted by Gasteiger charge is -2.15. The van der Waals surface area contributed by atoms with Crippen molar-refractivity contribution in [1.82, 2.24) is 16.0 Å². The van der Waals surface area contributed by atoms with Crippen LogP contribution >= 0.6 is 35.3 Å². The number of amides is 1. The van der Waals surface area contributed by atoms with Crippen LogP contribution in [0.3, 0.4) is 0 Å². The molecule has 0 fully saturated rings. The molecule has 1 atom stereocenters. The fourth-order valence-corrected chi connectivity index (χ4v) is 3.25. The highest BCUT2D eigenvalue weighted by molar-refractivity contribution is 14.0. The Kier molecular flexibility index (Phi) is 11.0. The SMILES string of the molecule is CCNC(=O)c1ccc(CN=C(NCC)NCC(C)c2cccs2)cc1.I. The molecule has 1 unspecified atom stereocenters. The summed E-state index contributed by atoms with van der Waals surface area (Å²) in [5.41, 5.74) is 1.75. The minimum atomic E-state index is -0.0416. The van der Waals surface area contributed by atoms with Gasteiger partial charge in [-0.05, 0) is 43.0 Å². The molecule has 148 valence electrons. The summed E-state index contributed by atoms with van der Waals surface area (Å²) in [6, 6.07) is 11.8. The predicted molar refractivity (Wildman–Crippen MR) is 125 cm³/mol. The molecule has 0 bridgehead atoms. The fraction of sp³-hybridized carbons (Fsp3) is 0.400. The Morgan fingerprint density at radius 2 is 1.78 bits per heavy atom. The monoisotopic (exact) mass is 500 g/mol. The summed E-state index contributed by atoms with van der Waals surface area (Å²) in [6.07, 6.45) is 0. The van der Waals surface area contributed by atoms with E-state index in [1.54, 1.807) is 11.3 Å². The first-order valence-corrected chi connectivity index (χ1v) is 9.94. The number of nitrogens with zero attached hydrogens (tertiary/aromatic N) is 1. The number of nitrogens with one attached hydrogen (secondary N) is 3. The van der Waals surface area contributed by atoms with Gasteiger partial charge >= 0.3 is 0 Å². The van der Waals surface area contributed by atoms with Gasteiger partial charge in [0.2, 0.25) is 0 Å². The lowest BCUT2D eigenvalue weighted by Crippen LogP contribution is -2.39. The number of rotatable bonds is 8. The summed E-state index contributed by atoms with van der Waals surface area (Å²) in [6.45, 7) is 9.03. The maximum absolute atomic E-state index is 11.8. The van der Waals surface area contributed by atoms with Crippen LogP contribution in [0, 0.1) is 0 Å². The van der Waals surface area contributed by atoms with Gasteiger partial charge in [0.15, 0.2) is 5.96 Å². The molecular weight excluding hydrogens is 471 g/mol. The van der Waals surface area contributed by atoms with E-state index in [-0.39, 0.29) is 29.9 Å². The average Bonchev–Trinajstić information content (AvgIpc) is 3.19. The van der Waals surface area contributed by atoms with Crippen molar-refractivity contribution in [2.24, 2.45) is 4.99 Å². The first-order chi connectivity index (χ1) is 12.6. The van der Waals surface area contributed by atoms with Gasteiger partial charge in [-0.15, -0.1) is 35.3 Å². The van der Waals surface area contributed by atoms with Crippen LogP contribution in [0.5, 0.6) is 0 Å². The Morgan fingerprint density at radius 3 is 2.37 bits per heavy atom. The topological polar surface area (TPSA) is 65.5 Å². The van der Waals surface area contributed by atoms with Crippen molar-refractivity contribution in [2.75, 3.05) is 19.6 Å². The van der Waals surface area contributed by atoms with E-state index in [1.807, 2.05) is 31.2 Å². The Hall–Kier alpha value is -1.61. The molecule has 1 aromatic carbocycles. The molecule has 0 saturated heterocycles. The molecule has 1 aromatic heterocycles. The van der Waals surface area contributed by atoms with Gasteiger partial charge < -0.3 is 16.0 Å².